The van der Waals surface area contributed by atoms with E-state index in [9.17, 15) is 9.59 Å². The van der Waals surface area contributed by atoms with Gasteiger partial charge in [0.05, 0.1) is 19.6 Å². The highest BCUT2D eigenvalue weighted by Crippen LogP contribution is 2.21. The molecule has 1 heterocycles. The van der Waals surface area contributed by atoms with Crippen LogP contribution in [0.1, 0.15) is 31.7 Å². The maximum absolute atomic E-state index is 12.8. The van der Waals surface area contributed by atoms with Crippen LogP contribution in [0.25, 0.3) is 0 Å². The number of carboxylic acid groups (broad SMARTS) is 1. The van der Waals surface area contributed by atoms with E-state index >= 15 is 0 Å². The molecule has 1 atom stereocenters. The highest BCUT2D eigenvalue weighted by Gasteiger charge is 2.30. The Hall–Kier alpha value is -2.08. The number of amides is 1. The maximum Gasteiger partial charge on any atom is 0.307 e. The molecule has 1 aromatic rings. The molecule has 0 aromatic heterocycles. The van der Waals surface area contributed by atoms with E-state index in [2.05, 4.69) is 6.92 Å². The summed E-state index contributed by atoms with van der Waals surface area (Å²) >= 11 is 0. The zero-order chi connectivity index (χ0) is 18.2. The van der Waals surface area contributed by atoms with E-state index in [1.807, 2.05) is 34.1 Å². The van der Waals surface area contributed by atoms with E-state index in [4.69, 9.17) is 9.84 Å². The van der Waals surface area contributed by atoms with Gasteiger partial charge in [-0.15, -0.1) is 0 Å². The van der Waals surface area contributed by atoms with Gasteiger partial charge < -0.3 is 14.7 Å². The minimum atomic E-state index is -0.771. The molecule has 138 valence electrons. The summed E-state index contributed by atoms with van der Waals surface area (Å²) in [7, 11) is 1.63. The molecule has 0 bridgehead atoms. The van der Waals surface area contributed by atoms with E-state index < -0.39 is 5.97 Å². The van der Waals surface area contributed by atoms with Crippen LogP contribution in [0, 0.1) is 5.92 Å². The second-order valence-electron chi connectivity index (χ2n) is 6.54. The molecule has 0 saturated carbocycles. The summed E-state index contributed by atoms with van der Waals surface area (Å²) in [6, 6.07) is 7.73. The molecule has 0 radical (unpaired) electrons. The van der Waals surface area contributed by atoms with Gasteiger partial charge in [-0.1, -0.05) is 31.5 Å². The van der Waals surface area contributed by atoms with Crippen LogP contribution in [0.5, 0.6) is 5.75 Å². The van der Waals surface area contributed by atoms with Crippen molar-refractivity contribution in [3.8, 4) is 5.75 Å². The molecule has 2 rings (SSSR count). The number of carbonyl (C=O) groups is 2. The number of para-hydroxylation sites is 1. The standard InChI is InChI=1S/C19H28N2O4/c1-3-4-10-21(13-15-7-5-6-8-17(15)25-2)18(22)14-20-11-9-16(12-20)19(23)24/h5-8,16H,3-4,9-14H2,1-2H3,(H,23,24). The number of benzene rings is 1. The lowest BCUT2D eigenvalue weighted by molar-refractivity contribution is -0.141. The van der Waals surface area contributed by atoms with Crippen LogP contribution in [0.2, 0.25) is 0 Å². The van der Waals surface area contributed by atoms with Gasteiger partial charge >= 0.3 is 5.97 Å². The minimum absolute atomic E-state index is 0.0467. The number of methoxy groups -OCH3 is 1. The van der Waals surface area contributed by atoms with Gasteiger partial charge in [0.2, 0.25) is 5.91 Å². The molecular weight excluding hydrogens is 320 g/mol. The predicted octanol–water partition coefficient (Wildman–Crippen LogP) is 2.23. The Kier molecular flexibility index (Phi) is 7.25. The molecule has 25 heavy (non-hydrogen) atoms. The Morgan fingerprint density at radius 3 is 2.76 bits per heavy atom. The number of likely N-dealkylation sites (tertiary alicyclic amines) is 1. The van der Waals surface area contributed by atoms with Gasteiger partial charge in [-0.2, -0.15) is 0 Å². The first-order valence-electron chi connectivity index (χ1n) is 8.90. The van der Waals surface area contributed by atoms with Gasteiger partial charge in [-0.05, 0) is 25.5 Å². The van der Waals surface area contributed by atoms with Crippen molar-refractivity contribution in [3.63, 3.8) is 0 Å². The maximum atomic E-state index is 12.8. The van der Waals surface area contributed by atoms with Crippen LogP contribution in [0.4, 0.5) is 0 Å². The SMILES string of the molecule is CCCCN(Cc1ccccc1OC)C(=O)CN1CCC(C(=O)O)C1. The fourth-order valence-corrected chi connectivity index (χ4v) is 3.15. The summed E-state index contributed by atoms with van der Waals surface area (Å²) < 4.78 is 5.39. The lowest BCUT2D eigenvalue weighted by Gasteiger charge is -2.26. The zero-order valence-electron chi connectivity index (χ0n) is 15.1. The first kappa shape index (κ1) is 19.2. The van der Waals surface area contributed by atoms with Crippen molar-refractivity contribution in [2.24, 2.45) is 5.92 Å². The van der Waals surface area contributed by atoms with Crippen molar-refractivity contribution in [2.75, 3.05) is 33.3 Å². The van der Waals surface area contributed by atoms with Crippen LogP contribution >= 0.6 is 0 Å². The van der Waals surface area contributed by atoms with Crippen LogP contribution in [0.15, 0.2) is 24.3 Å². The van der Waals surface area contributed by atoms with Gasteiger partial charge in [-0.3, -0.25) is 14.5 Å². The van der Waals surface area contributed by atoms with Gasteiger partial charge in [0.25, 0.3) is 0 Å². The third-order valence-electron chi connectivity index (χ3n) is 4.67. The van der Waals surface area contributed by atoms with Gasteiger partial charge in [0, 0.05) is 25.2 Å². The number of carbonyl (C=O) groups excluding carboxylic acids is 1. The van der Waals surface area contributed by atoms with E-state index in [1.54, 1.807) is 7.11 Å². The molecule has 6 heteroatoms. The smallest absolute Gasteiger partial charge is 0.307 e. The summed E-state index contributed by atoms with van der Waals surface area (Å²) in [5.74, 6) is -0.299. The van der Waals surface area contributed by atoms with Crippen molar-refractivity contribution in [1.29, 1.82) is 0 Å². The van der Waals surface area contributed by atoms with Crippen molar-refractivity contribution in [3.05, 3.63) is 29.8 Å². The fraction of sp³-hybridized carbons (Fsp3) is 0.579. The monoisotopic (exact) mass is 348 g/mol. The van der Waals surface area contributed by atoms with Gasteiger partial charge in [-0.25, -0.2) is 0 Å². The number of rotatable bonds is 9. The Morgan fingerprint density at radius 2 is 2.12 bits per heavy atom. The highest BCUT2D eigenvalue weighted by atomic mass is 16.5. The highest BCUT2D eigenvalue weighted by molar-refractivity contribution is 5.78. The third kappa shape index (κ3) is 5.46. The zero-order valence-corrected chi connectivity index (χ0v) is 15.1. The van der Waals surface area contributed by atoms with Crippen LogP contribution in [0.3, 0.4) is 0 Å². The Morgan fingerprint density at radius 1 is 1.36 bits per heavy atom. The second kappa shape index (κ2) is 9.42. The van der Waals surface area contributed by atoms with Gasteiger partial charge in [0.1, 0.15) is 5.75 Å². The molecule has 6 nitrogen and oxygen atoms in total. The lowest BCUT2D eigenvalue weighted by atomic mass is 10.1. The molecule has 1 aliphatic rings. The third-order valence-corrected chi connectivity index (χ3v) is 4.67. The molecule has 0 aliphatic carbocycles. The number of hydrogen-bond acceptors (Lipinski definition) is 4. The van der Waals surface area contributed by atoms with Crippen molar-refractivity contribution < 1.29 is 19.4 Å². The second-order valence-corrected chi connectivity index (χ2v) is 6.54. The van der Waals surface area contributed by atoms with Crippen LogP contribution in [-0.2, 0) is 16.1 Å². The van der Waals surface area contributed by atoms with Crippen molar-refractivity contribution in [2.45, 2.75) is 32.7 Å². The molecule has 1 fully saturated rings. The molecule has 1 aromatic carbocycles. The van der Waals surface area contributed by atoms with Gasteiger partial charge in [0.15, 0.2) is 0 Å². The van der Waals surface area contributed by atoms with Crippen LogP contribution < -0.4 is 4.74 Å². The lowest BCUT2D eigenvalue weighted by Crippen LogP contribution is -2.40. The van der Waals surface area contributed by atoms with Crippen LogP contribution in [-0.4, -0.2) is 60.1 Å². The van der Waals surface area contributed by atoms with E-state index in [0.717, 1.165) is 24.2 Å². The number of carboxylic acids is 1. The van der Waals surface area contributed by atoms with Crippen molar-refractivity contribution >= 4 is 11.9 Å². The molecule has 1 N–H and O–H groups in total. The molecule has 1 aliphatic heterocycles. The summed E-state index contributed by atoms with van der Waals surface area (Å²) in [6.07, 6.45) is 2.57. The minimum Gasteiger partial charge on any atom is -0.496 e. The number of aliphatic carboxylic acids is 1. The first-order chi connectivity index (χ1) is 12.0. The molecular formula is C19H28N2O4. The number of nitrogens with zero attached hydrogens (tertiary/aromatic N) is 2. The molecule has 1 unspecified atom stereocenters. The van der Waals surface area contributed by atoms with E-state index in [0.29, 0.717) is 32.6 Å². The Bertz CT molecular complexity index is 591. The Balaban J connectivity index is 2.01. The van der Waals surface area contributed by atoms with E-state index in [-0.39, 0.29) is 18.4 Å². The van der Waals surface area contributed by atoms with E-state index in [1.165, 1.54) is 0 Å². The normalized spacial score (nSPS) is 17.4. The molecule has 1 amide bonds. The molecule has 0 spiro atoms. The largest absolute Gasteiger partial charge is 0.496 e. The average Bonchev–Trinajstić information content (AvgIpc) is 3.07. The first-order valence-corrected chi connectivity index (χ1v) is 8.90. The number of unbranched alkanes of at least 4 members (excludes halogenated alkanes) is 1. The Labute approximate surface area is 149 Å². The quantitative estimate of drug-likeness (QED) is 0.741. The fourth-order valence-electron chi connectivity index (χ4n) is 3.15. The topological polar surface area (TPSA) is 70.1 Å². The predicted molar refractivity (Wildman–Crippen MR) is 95.5 cm³/mol. The summed E-state index contributed by atoms with van der Waals surface area (Å²) in [4.78, 5) is 27.7. The van der Waals surface area contributed by atoms with Crippen molar-refractivity contribution in [1.82, 2.24) is 9.80 Å². The summed E-state index contributed by atoms with van der Waals surface area (Å²) in [5, 5.41) is 9.11. The summed E-state index contributed by atoms with van der Waals surface area (Å²) in [5.41, 5.74) is 0.985. The average molecular weight is 348 g/mol. The number of ether oxygens (including phenoxy) is 1. The summed E-state index contributed by atoms with van der Waals surface area (Å²) in [6.45, 7) is 4.71. The molecule has 1 saturated heterocycles. The number of hydrogen-bond donors (Lipinski definition) is 1.